The van der Waals surface area contributed by atoms with Gasteiger partial charge in [-0.05, 0) is 31.7 Å². The number of nitrogens with one attached hydrogen (secondary N) is 1. The number of aliphatic hydroxyl groups is 2. The highest BCUT2D eigenvalue weighted by atomic mass is 32.2. The van der Waals surface area contributed by atoms with Crippen molar-refractivity contribution in [1.29, 1.82) is 0 Å². The third kappa shape index (κ3) is 5.03. The molecule has 0 bridgehead atoms. The van der Waals surface area contributed by atoms with Gasteiger partial charge < -0.3 is 20.3 Å². The third-order valence-corrected chi connectivity index (χ3v) is 4.15. The summed E-state index contributed by atoms with van der Waals surface area (Å²) >= 11 is 1.59. The first-order chi connectivity index (χ1) is 9.12. The van der Waals surface area contributed by atoms with E-state index in [0.29, 0.717) is 5.75 Å². The number of hydrogen-bond acceptors (Lipinski definition) is 5. The minimum absolute atomic E-state index is 0.193. The van der Waals surface area contributed by atoms with Gasteiger partial charge in [0.05, 0.1) is 19.8 Å². The third-order valence-electron chi connectivity index (χ3n) is 3.02. The molecule has 0 aliphatic heterocycles. The Morgan fingerprint density at radius 3 is 2.74 bits per heavy atom. The van der Waals surface area contributed by atoms with E-state index in [1.807, 2.05) is 13.1 Å². The van der Waals surface area contributed by atoms with Gasteiger partial charge in [-0.2, -0.15) is 11.8 Å². The van der Waals surface area contributed by atoms with Crippen LogP contribution >= 0.6 is 11.8 Å². The van der Waals surface area contributed by atoms with Crippen molar-refractivity contribution in [3.63, 3.8) is 0 Å². The van der Waals surface area contributed by atoms with Crippen LogP contribution in [0.1, 0.15) is 24.1 Å². The van der Waals surface area contributed by atoms with Crippen LogP contribution in [0.25, 0.3) is 0 Å². The monoisotopic (exact) mass is 285 g/mol. The van der Waals surface area contributed by atoms with Crippen LogP contribution in [0.2, 0.25) is 0 Å². The minimum atomic E-state index is -0.657. The molecule has 1 rings (SSSR count). The lowest BCUT2D eigenvalue weighted by molar-refractivity contribution is 0.113. The van der Waals surface area contributed by atoms with Crippen molar-refractivity contribution in [2.24, 2.45) is 0 Å². The predicted molar refractivity (Wildman–Crippen MR) is 79.7 cm³/mol. The topological polar surface area (TPSA) is 61.7 Å². The van der Waals surface area contributed by atoms with E-state index < -0.39 is 6.10 Å². The Morgan fingerprint density at radius 1 is 1.42 bits per heavy atom. The van der Waals surface area contributed by atoms with E-state index in [4.69, 9.17) is 9.84 Å². The maximum absolute atomic E-state index is 9.33. The summed E-state index contributed by atoms with van der Waals surface area (Å²) in [6.45, 7) is 1.91. The highest BCUT2D eigenvalue weighted by molar-refractivity contribution is 7.98. The summed E-state index contributed by atoms with van der Waals surface area (Å²) in [5, 5.41) is 21.3. The van der Waals surface area contributed by atoms with Crippen molar-refractivity contribution in [3.05, 3.63) is 29.3 Å². The van der Waals surface area contributed by atoms with Gasteiger partial charge in [0, 0.05) is 23.1 Å². The molecule has 4 nitrogen and oxygen atoms in total. The van der Waals surface area contributed by atoms with Crippen molar-refractivity contribution < 1.29 is 14.9 Å². The lowest BCUT2D eigenvalue weighted by Crippen LogP contribution is -2.15. The van der Waals surface area contributed by atoms with Gasteiger partial charge in [-0.25, -0.2) is 0 Å². The highest BCUT2D eigenvalue weighted by Crippen LogP contribution is 2.27. The Hall–Kier alpha value is -0.750. The molecule has 0 saturated carbocycles. The van der Waals surface area contributed by atoms with E-state index in [2.05, 4.69) is 24.4 Å². The summed E-state index contributed by atoms with van der Waals surface area (Å²) in [5.41, 5.74) is 2.32. The predicted octanol–water partition coefficient (Wildman–Crippen LogP) is 1.56. The summed E-state index contributed by atoms with van der Waals surface area (Å²) in [6.07, 6.45) is -0.657. The van der Waals surface area contributed by atoms with Gasteiger partial charge in [-0.3, -0.25) is 0 Å². The SMILES string of the molecule is CNC(C)c1ccc(OC)c(CSCC(O)CO)c1. The molecular weight excluding hydrogens is 262 g/mol. The normalized spacial score (nSPS) is 14.2. The second kappa shape index (κ2) is 8.43. The number of methoxy groups -OCH3 is 1. The smallest absolute Gasteiger partial charge is 0.122 e. The lowest BCUT2D eigenvalue weighted by Gasteiger charge is -2.15. The first-order valence-corrected chi connectivity index (χ1v) is 7.48. The van der Waals surface area contributed by atoms with E-state index in [1.165, 1.54) is 5.56 Å². The quantitative estimate of drug-likeness (QED) is 0.676. The van der Waals surface area contributed by atoms with Crippen LogP contribution in [0.5, 0.6) is 5.75 Å². The lowest BCUT2D eigenvalue weighted by atomic mass is 10.1. The standard InChI is InChI=1S/C14H23NO3S/c1-10(15-2)11-4-5-14(18-3)12(6-11)8-19-9-13(17)7-16/h4-6,10,13,15-17H,7-9H2,1-3H3. The van der Waals surface area contributed by atoms with E-state index in [1.54, 1.807) is 18.9 Å². The Labute approximate surface area is 119 Å². The molecule has 5 heteroatoms. The van der Waals surface area contributed by atoms with Crippen LogP contribution in [-0.4, -0.2) is 42.8 Å². The van der Waals surface area contributed by atoms with Crippen LogP contribution in [0.15, 0.2) is 18.2 Å². The zero-order chi connectivity index (χ0) is 14.3. The average Bonchev–Trinajstić information content (AvgIpc) is 2.45. The van der Waals surface area contributed by atoms with Gasteiger partial charge in [-0.1, -0.05) is 6.07 Å². The molecule has 2 atom stereocenters. The highest BCUT2D eigenvalue weighted by Gasteiger charge is 2.09. The molecule has 0 heterocycles. The number of benzene rings is 1. The summed E-state index contributed by atoms with van der Waals surface area (Å²) in [4.78, 5) is 0. The average molecular weight is 285 g/mol. The number of aliphatic hydroxyl groups excluding tert-OH is 2. The molecular formula is C14H23NO3S. The molecule has 0 radical (unpaired) electrons. The maximum Gasteiger partial charge on any atom is 0.122 e. The Morgan fingerprint density at radius 2 is 2.16 bits per heavy atom. The summed E-state index contributed by atoms with van der Waals surface area (Å²) < 4.78 is 5.35. The van der Waals surface area contributed by atoms with Gasteiger partial charge in [0.25, 0.3) is 0 Å². The van der Waals surface area contributed by atoms with Crippen molar-refractivity contribution >= 4 is 11.8 Å². The van der Waals surface area contributed by atoms with Crippen molar-refractivity contribution in [2.45, 2.75) is 24.8 Å². The van der Waals surface area contributed by atoms with Crippen molar-refractivity contribution in [3.8, 4) is 5.75 Å². The van der Waals surface area contributed by atoms with Gasteiger partial charge >= 0.3 is 0 Å². The molecule has 0 saturated heterocycles. The van der Waals surface area contributed by atoms with Gasteiger partial charge in [0.15, 0.2) is 0 Å². The molecule has 1 aromatic carbocycles. The molecule has 0 aromatic heterocycles. The number of hydrogen-bond donors (Lipinski definition) is 3. The molecule has 19 heavy (non-hydrogen) atoms. The molecule has 3 N–H and O–H groups in total. The molecule has 2 unspecified atom stereocenters. The van der Waals surface area contributed by atoms with E-state index in [9.17, 15) is 5.11 Å². The number of rotatable bonds is 8. The van der Waals surface area contributed by atoms with Crippen LogP contribution in [0.4, 0.5) is 0 Å². The van der Waals surface area contributed by atoms with E-state index >= 15 is 0 Å². The van der Waals surface area contributed by atoms with Crippen molar-refractivity contribution in [1.82, 2.24) is 5.32 Å². The van der Waals surface area contributed by atoms with Crippen molar-refractivity contribution in [2.75, 3.05) is 26.5 Å². The molecule has 0 aliphatic rings. The van der Waals surface area contributed by atoms with Gasteiger partial charge in [0.1, 0.15) is 5.75 Å². The Balaban J connectivity index is 2.73. The van der Waals surface area contributed by atoms with Gasteiger partial charge in [-0.15, -0.1) is 0 Å². The first kappa shape index (κ1) is 16.3. The molecule has 0 amide bonds. The van der Waals surface area contributed by atoms with Crippen LogP contribution in [0.3, 0.4) is 0 Å². The number of ether oxygens (including phenoxy) is 1. The second-order valence-electron chi connectivity index (χ2n) is 4.43. The largest absolute Gasteiger partial charge is 0.496 e. The van der Waals surface area contributed by atoms with E-state index in [-0.39, 0.29) is 12.6 Å². The molecule has 0 fully saturated rings. The zero-order valence-electron chi connectivity index (χ0n) is 11.7. The fraction of sp³-hybridized carbons (Fsp3) is 0.571. The maximum atomic E-state index is 9.33. The van der Waals surface area contributed by atoms with Crippen LogP contribution < -0.4 is 10.1 Å². The van der Waals surface area contributed by atoms with Crippen LogP contribution in [-0.2, 0) is 5.75 Å². The molecule has 1 aromatic rings. The Bertz CT molecular complexity index is 387. The molecule has 0 aliphatic carbocycles. The van der Waals surface area contributed by atoms with Gasteiger partial charge in [0.2, 0.25) is 0 Å². The zero-order valence-corrected chi connectivity index (χ0v) is 12.5. The fourth-order valence-corrected chi connectivity index (χ4v) is 2.65. The summed E-state index contributed by atoms with van der Waals surface area (Å²) in [6, 6.07) is 6.44. The first-order valence-electron chi connectivity index (χ1n) is 6.33. The second-order valence-corrected chi connectivity index (χ2v) is 5.46. The Kier molecular flexibility index (Phi) is 7.23. The minimum Gasteiger partial charge on any atom is -0.496 e. The molecule has 0 spiro atoms. The van der Waals surface area contributed by atoms with Crippen LogP contribution in [0, 0.1) is 0 Å². The van der Waals surface area contributed by atoms with E-state index in [0.717, 1.165) is 17.1 Å². The number of thioether (sulfide) groups is 1. The summed E-state index contributed by atoms with van der Waals surface area (Å²) in [7, 11) is 3.59. The summed E-state index contributed by atoms with van der Waals surface area (Å²) in [5.74, 6) is 2.13. The fourth-order valence-electron chi connectivity index (χ4n) is 1.70. The molecule has 108 valence electrons.